The maximum Gasteiger partial charge on any atom is 0.221 e. The standard InChI is InChI=1S/C13H20N4OS.CH4O/c1-11-12(19-9-15-11)3-5-14-13(18)4-6-17-8-7-16(2)10-17;1-2/h7-9H,3-6,10H2,1-2H3,(H,14,18);2H,1H3. The van der Waals surface area contributed by atoms with E-state index in [4.69, 9.17) is 5.11 Å². The first-order chi connectivity index (χ1) is 10.1. The van der Waals surface area contributed by atoms with E-state index in [9.17, 15) is 4.79 Å². The molecule has 0 spiro atoms. The molecule has 1 amide bonds. The van der Waals surface area contributed by atoms with Crippen molar-refractivity contribution in [1.29, 1.82) is 0 Å². The first-order valence-electron chi connectivity index (χ1n) is 6.88. The van der Waals surface area contributed by atoms with Gasteiger partial charge in [-0.15, -0.1) is 11.3 Å². The summed E-state index contributed by atoms with van der Waals surface area (Å²) in [6.07, 6.45) is 5.45. The monoisotopic (exact) mass is 312 g/mol. The lowest BCUT2D eigenvalue weighted by atomic mass is 10.3. The number of aliphatic hydroxyl groups is 1. The molecule has 1 aromatic heterocycles. The van der Waals surface area contributed by atoms with Crippen molar-refractivity contribution >= 4 is 17.2 Å². The van der Waals surface area contributed by atoms with Crippen molar-refractivity contribution in [2.75, 3.05) is 33.9 Å². The molecule has 0 saturated carbocycles. The number of carbonyl (C=O) groups excluding carboxylic acids is 1. The van der Waals surface area contributed by atoms with Crippen LogP contribution in [0.5, 0.6) is 0 Å². The minimum atomic E-state index is 0.116. The van der Waals surface area contributed by atoms with E-state index in [0.29, 0.717) is 13.0 Å². The van der Waals surface area contributed by atoms with E-state index in [-0.39, 0.29) is 5.91 Å². The summed E-state index contributed by atoms with van der Waals surface area (Å²) in [6, 6.07) is 0. The average Bonchev–Trinajstić information content (AvgIpc) is 3.08. The second kappa shape index (κ2) is 9.36. The molecular weight excluding hydrogens is 288 g/mol. The fourth-order valence-corrected chi connectivity index (χ4v) is 2.73. The minimum Gasteiger partial charge on any atom is -0.400 e. The molecule has 1 aliphatic rings. The van der Waals surface area contributed by atoms with E-state index in [2.05, 4.69) is 20.1 Å². The number of hydrogen-bond acceptors (Lipinski definition) is 6. The predicted molar refractivity (Wildman–Crippen MR) is 84.8 cm³/mol. The van der Waals surface area contributed by atoms with Gasteiger partial charge in [-0.2, -0.15) is 0 Å². The highest BCUT2D eigenvalue weighted by molar-refractivity contribution is 7.09. The summed E-state index contributed by atoms with van der Waals surface area (Å²) in [7, 11) is 3.02. The number of aromatic nitrogens is 1. The summed E-state index contributed by atoms with van der Waals surface area (Å²) in [6.45, 7) is 4.33. The Bertz CT molecular complexity index is 462. The zero-order valence-electron chi connectivity index (χ0n) is 12.9. The van der Waals surface area contributed by atoms with Gasteiger partial charge in [0.1, 0.15) is 0 Å². The number of hydrogen-bond donors (Lipinski definition) is 2. The highest BCUT2D eigenvalue weighted by atomic mass is 32.1. The van der Waals surface area contributed by atoms with Crippen LogP contribution in [-0.2, 0) is 11.2 Å². The lowest BCUT2D eigenvalue weighted by Crippen LogP contribution is -2.30. The molecule has 118 valence electrons. The third-order valence-electron chi connectivity index (χ3n) is 3.08. The van der Waals surface area contributed by atoms with Crippen LogP contribution in [0, 0.1) is 6.92 Å². The van der Waals surface area contributed by atoms with Crippen molar-refractivity contribution in [3.8, 4) is 0 Å². The fraction of sp³-hybridized carbons (Fsp3) is 0.571. The molecule has 0 atom stereocenters. The largest absolute Gasteiger partial charge is 0.400 e. The van der Waals surface area contributed by atoms with E-state index in [1.54, 1.807) is 11.3 Å². The molecule has 2 rings (SSSR count). The Balaban J connectivity index is 0.00000106. The summed E-state index contributed by atoms with van der Waals surface area (Å²) >= 11 is 1.65. The van der Waals surface area contributed by atoms with Crippen molar-refractivity contribution < 1.29 is 9.90 Å². The Morgan fingerprint density at radius 1 is 1.48 bits per heavy atom. The molecule has 2 N–H and O–H groups in total. The van der Waals surface area contributed by atoms with E-state index in [1.165, 1.54) is 4.88 Å². The minimum absolute atomic E-state index is 0.116. The Kier molecular flexibility index (Phi) is 7.78. The Morgan fingerprint density at radius 3 is 2.81 bits per heavy atom. The lowest BCUT2D eigenvalue weighted by Gasteiger charge is -2.17. The highest BCUT2D eigenvalue weighted by Gasteiger charge is 2.10. The number of thiazole rings is 1. The molecule has 0 unspecified atom stereocenters. The number of nitrogens with one attached hydrogen (secondary N) is 1. The van der Waals surface area contributed by atoms with Gasteiger partial charge in [0.05, 0.1) is 17.9 Å². The van der Waals surface area contributed by atoms with Gasteiger partial charge in [-0.1, -0.05) is 0 Å². The number of carbonyl (C=O) groups is 1. The molecule has 1 aromatic rings. The van der Waals surface area contributed by atoms with Gasteiger partial charge in [-0.3, -0.25) is 4.79 Å². The Morgan fingerprint density at radius 2 is 2.24 bits per heavy atom. The molecule has 0 aromatic carbocycles. The third-order valence-corrected chi connectivity index (χ3v) is 4.08. The molecule has 2 heterocycles. The second-order valence-electron chi connectivity index (χ2n) is 4.72. The topological polar surface area (TPSA) is 68.7 Å². The van der Waals surface area contributed by atoms with E-state index in [1.807, 2.05) is 31.9 Å². The lowest BCUT2D eigenvalue weighted by molar-refractivity contribution is -0.121. The van der Waals surface area contributed by atoms with Crippen molar-refractivity contribution in [3.63, 3.8) is 0 Å². The maximum absolute atomic E-state index is 11.7. The van der Waals surface area contributed by atoms with Crippen LogP contribution in [0.2, 0.25) is 0 Å². The molecule has 0 aliphatic carbocycles. The van der Waals surface area contributed by atoms with Crippen molar-refractivity contribution in [2.45, 2.75) is 19.8 Å². The van der Waals surface area contributed by atoms with Crippen molar-refractivity contribution in [1.82, 2.24) is 20.1 Å². The van der Waals surface area contributed by atoms with Crippen LogP contribution >= 0.6 is 11.3 Å². The van der Waals surface area contributed by atoms with Crippen LogP contribution in [0.4, 0.5) is 0 Å². The van der Waals surface area contributed by atoms with Gasteiger partial charge >= 0.3 is 0 Å². The number of amides is 1. The van der Waals surface area contributed by atoms with Crippen molar-refractivity contribution in [3.05, 3.63) is 28.5 Å². The molecule has 7 heteroatoms. The predicted octanol–water partition coefficient (Wildman–Crippen LogP) is 0.785. The summed E-state index contributed by atoms with van der Waals surface area (Å²) in [5.74, 6) is 0.116. The number of aliphatic hydroxyl groups excluding tert-OH is 1. The quantitative estimate of drug-likeness (QED) is 0.813. The van der Waals surface area contributed by atoms with E-state index in [0.717, 1.165) is 32.4 Å². The molecule has 0 saturated heterocycles. The van der Waals surface area contributed by atoms with Gasteiger partial charge in [0.2, 0.25) is 5.91 Å². The Hall–Kier alpha value is -1.60. The second-order valence-corrected chi connectivity index (χ2v) is 5.66. The van der Waals surface area contributed by atoms with Gasteiger partial charge in [-0.25, -0.2) is 4.98 Å². The van der Waals surface area contributed by atoms with Crippen LogP contribution in [0.3, 0.4) is 0 Å². The first kappa shape index (κ1) is 17.5. The fourth-order valence-electron chi connectivity index (χ4n) is 1.95. The van der Waals surface area contributed by atoms with Crippen LogP contribution in [0.25, 0.3) is 0 Å². The third kappa shape index (κ3) is 6.14. The van der Waals surface area contributed by atoms with E-state index >= 15 is 0 Å². The first-order valence-corrected chi connectivity index (χ1v) is 7.76. The van der Waals surface area contributed by atoms with Gasteiger partial charge < -0.3 is 20.2 Å². The zero-order valence-corrected chi connectivity index (χ0v) is 13.7. The summed E-state index contributed by atoms with van der Waals surface area (Å²) < 4.78 is 0. The van der Waals surface area contributed by atoms with Gasteiger partial charge in [-0.05, 0) is 6.92 Å². The van der Waals surface area contributed by atoms with Gasteiger partial charge in [0.25, 0.3) is 0 Å². The molecular formula is C14H24N4O2S. The van der Waals surface area contributed by atoms with Crippen LogP contribution in [0.15, 0.2) is 17.9 Å². The molecule has 1 aliphatic heterocycles. The molecule has 0 bridgehead atoms. The van der Waals surface area contributed by atoms with Gasteiger partial charge in [0, 0.05) is 57.4 Å². The van der Waals surface area contributed by atoms with Crippen LogP contribution in [-0.4, -0.2) is 59.7 Å². The molecule has 21 heavy (non-hydrogen) atoms. The normalized spacial score (nSPS) is 13.1. The molecule has 0 radical (unpaired) electrons. The Labute approximate surface area is 130 Å². The maximum atomic E-state index is 11.7. The van der Waals surface area contributed by atoms with Crippen molar-refractivity contribution in [2.24, 2.45) is 0 Å². The molecule has 0 fully saturated rings. The summed E-state index contributed by atoms with van der Waals surface area (Å²) in [4.78, 5) is 21.4. The van der Waals surface area contributed by atoms with E-state index < -0.39 is 0 Å². The smallest absolute Gasteiger partial charge is 0.221 e. The van der Waals surface area contributed by atoms with Crippen LogP contribution < -0.4 is 5.32 Å². The number of rotatable bonds is 6. The molecule has 6 nitrogen and oxygen atoms in total. The average molecular weight is 312 g/mol. The zero-order chi connectivity index (χ0) is 15.7. The number of nitrogens with zero attached hydrogens (tertiary/aromatic N) is 3. The highest BCUT2D eigenvalue weighted by Crippen LogP contribution is 2.11. The number of aryl methyl sites for hydroxylation is 1. The van der Waals surface area contributed by atoms with Crippen LogP contribution in [0.1, 0.15) is 17.0 Å². The SMILES string of the molecule is CO.Cc1ncsc1CCNC(=O)CCN1C=CN(C)C1. The van der Waals surface area contributed by atoms with Gasteiger partial charge in [0.15, 0.2) is 0 Å². The summed E-state index contributed by atoms with van der Waals surface area (Å²) in [5.41, 5.74) is 2.92. The summed E-state index contributed by atoms with van der Waals surface area (Å²) in [5, 5.41) is 9.96.